The highest BCUT2D eigenvalue weighted by atomic mass is 16.5. The lowest BCUT2D eigenvalue weighted by Crippen LogP contribution is -2.45. The van der Waals surface area contributed by atoms with Gasteiger partial charge in [-0.25, -0.2) is 0 Å². The SMILES string of the molecule is CCCCCCCCCCCCCCCCCCCCC/C=C/C(O)C(CO)NC(=O)CCCCCCCCC/C=C\CCCCCCOC(=O)CCCCCCCCCCCCCCCCCCCC. The first-order valence-electron chi connectivity index (χ1n) is 32.1. The zero-order chi connectivity index (χ0) is 51.4. The van der Waals surface area contributed by atoms with Crippen molar-refractivity contribution in [1.82, 2.24) is 5.32 Å². The van der Waals surface area contributed by atoms with Crippen molar-refractivity contribution in [2.75, 3.05) is 13.2 Å². The zero-order valence-electron chi connectivity index (χ0n) is 48.0. The molecule has 0 aliphatic rings. The number of rotatable bonds is 60. The molecule has 420 valence electrons. The van der Waals surface area contributed by atoms with Crippen LogP contribution >= 0.6 is 0 Å². The molecule has 0 aromatic heterocycles. The Morgan fingerprint density at radius 1 is 0.380 bits per heavy atom. The first kappa shape index (κ1) is 69.3. The Balaban J connectivity index is 3.47. The van der Waals surface area contributed by atoms with Crippen molar-refractivity contribution in [2.24, 2.45) is 0 Å². The van der Waals surface area contributed by atoms with E-state index in [1.807, 2.05) is 6.08 Å². The summed E-state index contributed by atoms with van der Waals surface area (Å²) in [6.07, 6.45) is 75.1. The first-order chi connectivity index (χ1) is 35.0. The maximum atomic E-state index is 12.5. The first-order valence-corrected chi connectivity index (χ1v) is 32.1. The van der Waals surface area contributed by atoms with Gasteiger partial charge in [0.2, 0.25) is 5.91 Å². The average molecular weight is 1000 g/mol. The molecule has 0 spiro atoms. The van der Waals surface area contributed by atoms with Crippen LogP contribution in [-0.2, 0) is 14.3 Å². The fourth-order valence-corrected chi connectivity index (χ4v) is 10.0. The number of hydrogen-bond donors (Lipinski definition) is 3. The number of nitrogens with one attached hydrogen (secondary N) is 1. The van der Waals surface area contributed by atoms with Crippen molar-refractivity contribution in [3.8, 4) is 0 Å². The highest BCUT2D eigenvalue weighted by Crippen LogP contribution is 2.18. The molecule has 0 aromatic rings. The molecule has 0 aliphatic heterocycles. The van der Waals surface area contributed by atoms with Crippen molar-refractivity contribution in [2.45, 2.75) is 366 Å². The van der Waals surface area contributed by atoms with Crippen LogP contribution in [0.5, 0.6) is 0 Å². The van der Waals surface area contributed by atoms with Crippen LogP contribution in [-0.4, -0.2) is 47.4 Å². The van der Waals surface area contributed by atoms with Gasteiger partial charge in [-0.05, 0) is 57.8 Å². The van der Waals surface area contributed by atoms with Crippen LogP contribution in [0.1, 0.15) is 354 Å². The van der Waals surface area contributed by atoms with Crippen molar-refractivity contribution in [3.05, 3.63) is 24.3 Å². The summed E-state index contributed by atoms with van der Waals surface area (Å²) in [4.78, 5) is 24.6. The van der Waals surface area contributed by atoms with E-state index in [1.165, 1.54) is 257 Å². The molecule has 71 heavy (non-hydrogen) atoms. The molecular formula is C65H125NO5. The molecular weight excluding hydrogens is 875 g/mol. The number of ether oxygens (including phenoxy) is 1. The Hall–Kier alpha value is -1.66. The van der Waals surface area contributed by atoms with Crippen LogP contribution in [0, 0.1) is 0 Å². The smallest absolute Gasteiger partial charge is 0.305 e. The van der Waals surface area contributed by atoms with E-state index in [4.69, 9.17) is 4.74 Å². The van der Waals surface area contributed by atoms with Gasteiger partial charge in [0.15, 0.2) is 0 Å². The standard InChI is InChI=1S/C65H125NO5/c1-3-5-7-9-11-13-15-17-19-21-23-24-25-26-29-33-37-41-45-49-53-57-63(68)62(61-67)66-64(69)58-54-50-46-42-38-34-30-28-32-36-40-44-48-52-56-60-71-65(70)59-55-51-47-43-39-35-31-27-22-20-18-16-14-12-10-8-6-4-2/h32,36,53,57,62-63,67-68H,3-31,33-35,37-52,54-56,58-61H2,1-2H3,(H,66,69)/b36-32-,57-53+. The Morgan fingerprint density at radius 3 is 1.00 bits per heavy atom. The van der Waals surface area contributed by atoms with Crippen LogP contribution in [0.3, 0.4) is 0 Å². The minimum atomic E-state index is -0.855. The number of hydrogen-bond acceptors (Lipinski definition) is 5. The van der Waals surface area contributed by atoms with Gasteiger partial charge in [0.1, 0.15) is 0 Å². The van der Waals surface area contributed by atoms with Crippen LogP contribution < -0.4 is 5.32 Å². The molecule has 0 fully saturated rings. The molecule has 0 bridgehead atoms. The lowest BCUT2D eigenvalue weighted by atomic mass is 10.0. The summed E-state index contributed by atoms with van der Waals surface area (Å²) >= 11 is 0. The van der Waals surface area contributed by atoms with E-state index >= 15 is 0 Å². The summed E-state index contributed by atoms with van der Waals surface area (Å²) in [5.74, 6) is -0.0858. The van der Waals surface area contributed by atoms with Crippen LogP contribution in [0.15, 0.2) is 24.3 Å². The predicted molar refractivity (Wildman–Crippen MR) is 310 cm³/mol. The molecule has 3 N–H and O–H groups in total. The van der Waals surface area contributed by atoms with E-state index in [0.717, 1.165) is 70.6 Å². The van der Waals surface area contributed by atoms with Crippen molar-refractivity contribution in [1.29, 1.82) is 0 Å². The molecule has 0 radical (unpaired) electrons. The van der Waals surface area contributed by atoms with Gasteiger partial charge in [-0.2, -0.15) is 0 Å². The Bertz CT molecular complexity index is 1110. The van der Waals surface area contributed by atoms with Gasteiger partial charge >= 0.3 is 5.97 Å². The number of carbonyl (C=O) groups excluding carboxylic acids is 2. The maximum absolute atomic E-state index is 12.5. The third kappa shape index (κ3) is 57.5. The summed E-state index contributed by atoms with van der Waals surface area (Å²) < 4.78 is 5.48. The zero-order valence-corrected chi connectivity index (χ0v) is 48.0. The monoisotopic (exact) mass is 1000 g/mol. The molecule has 0 rings (SSSR count). The molecule has 6 heteroatoms. The second kappa shape index (κ2) is 60.9. The molecule has 2 unspecified atom stereocenters. The highest BCUT2D eigenvalue weighted by Gasteiger charge is 2.18. The van der Waals surface area contributed by atoms with Gasteiger partial charge in [0.25, 0.3) is 0 Å². The quantitative estimate of drug-likeness (QED) is 0.0320. The number of carbonyl (C=O) groups is 2. The molecule has 0 aromatic carbocycles. The largest absolute Gasteiger partial charge is 0.466 e. The second-order valence-corrected chi connectivity index (χ2v) is 22.1. The van der Waals surface area contributed by atoms with E-state index in [0.29, 0.717) is 19.4 Å². The van der Waals surface area contributed by atoms with Gasteiger partial charge in [-0.3, -0.25) is 9.59 Å². The third-order valence-corrected chi connectivity index (χ3v) is 15.0. The number of unbranched alkanes of at least 4 members (excludes halogenated alkanes) is 47. The van der Waals surface area contributed by atoms with Crippen molar-refractivity contribution < 1.29 is 24.5 Å². The topological polar surface area (TPSA) is 95.9 Å². The minimum Gasteiger partial charge on any atom is -0.466 e. The molecule has 0 saturated heterocycles. The van der Waals surface area contributed by atoms with E-state index in [2.05, 4.69) is 31.3 Å². The highest BCUT2D eigenvalue weighted by molar-refractivity contribution is 5.76. The van der Waals surface area contributed by atoms with Gasteiger partial charge in [-0.15, -0.1) is 0 Å². The average Bonchev–Trinajstić information content (AvgIpc) is 3.37. The van der Waals surface area contributed by atoms with Crippen molar-refractivity contribution in [3.63, 3.8) is 0 Å². The summed E-state index contributed by atoms with van der Waals surface area (Å²) in [6.45, 7) is 4.90. The maximum Gasteiger partial charge on any atom is 0.305 e. The third-order valence-electron chi connectivity index (χ3n) is 15.0. The Kier molecular flexibility index (Phi) is 59.5. The lowest BCUT2D eigenvalue weighted by molar-refractivity contribution is -0.143. The van der Waals surface area contributed by atoms with E-state index in [1.54, 1.807) is 6.08 Å². The summed E-state index contributed by atoms with van der Waals surface area (Å²) in [5, 5.41) is 23.2. The van der Waals surface area contributed by atoms with E-state index in [9.17, 15) is 19.8 Å². The van der Waals surface area contributed by atoms with Crippen LogP contribution in [0.25, 0.3) is 0 Å². The Morgan fingerprint density at radius 2 is 0.662 bits per heavy atom. The van der Waals surface area contributed by atoms with Gasteiger partial charge in [0.05, 0.1) is 25.4 Å². The normalized spacial score (nSPS) is 12.7. The fraction of sp³-hybridized carbons (Fsp3) is 0.908. The predicted octanol–water partition coefficient (Wildman–Crippen LogP) is 20.2. The number of aliphatic hydroxyl groups is 2. The summed E-state index contributed by atoms with van der Waals surface area (Å²) in [5.41, 5.74) is 0. The van der Waals surface area contributed by atoms with E-state index < -0.39 is 12.1 Å². The minimum absolute atomic E-state index is 0.00608. The number of aliphatic hydroxyl groups excluding tert-OH is 2. The van der Waals surface area contributed by atoms with Gasteiger partial charge in [-0.1, -0.05) is 308 Å². The molecule has 6 nitrogen and oxygen atoms in total. The van der Waals surface area contributed by atoms with Crippen LogP contribution in [0.2, 0.25) is 0 Å². The Labute approximate surface area is 443 Å². The van der Waals surface area contributed by atoms with Gasteiger partial charge < -0.3 is 20.3 Å². The molecule has 0 heterocycles. The molecule has 0 saturated carbocycles. The second-order valence-electron chi connectivity index (χ2n) is 22.1. The van der Waals surface area contributed by atoms with Crippen LogP contribution in [0.4, 0.5) is 0 Å². The number of amides is 1. The molecule has 2 atom stereocenters. The lowest BCUT2D eigenvalue weighted by Gasteiger charge is -2.20. The number of allylic oxidation sites excluding steroid dienone is 3. The molecule has 1 amide bonds. The number of esters is 1. The summed E-state index contributed by atoms with van der Waals surface area (Å²) in [7, 11) is 0. The van der Waals surface area contributed by atoms with Crippen molar-refractivity contribution >= 4 is 11.9 Å². The molecule has 0 aliphatic carbocycles. The summed E-state index contributed by atoms with van der Waals surface area (Å²) in [6, 6.07) is -0.640. The van der Waals surface area contributed by atoms with E-state index in [-0.39, 0.29) is 18.5 Å². The van der Waals surface area contributed by atoms with Gasteiger partial charge in [0, 0.05) is 12.8 Å². The fourth-order valence-electron chi connectivity index (χ4n) is 10.0.